The Hall–Kier alpha value is -0.810. The quantitative estimate of drug-likeness (QED) is 0.659. The highest BCUT2D eigenvalue weighted by Crippen LogP contribution is 2.17. The van der Waals surface area contributed by atoms with Crippen molar-refractivity contribution in [2.24, 2.45) is 0 Å². The molecule has 0 heterocycles. The molecular weight excluding hydrogens is 290 g/mol. The Morgan fingerprint density at radius 1 is 0.957 bits per heavy atom. The van der Waals surface area contributed by atoms with Crippen LogP contribution in [0, 0.1) is 0 Å². The van der Waals surface area contributed by atoms with E-state index in [1.807, 2.05) is 41.5 Å². The van der Waals surface area contributed by atoms with Crippen molar-refractivity contribution in [3.63, 3.8) is 0 Å². The van der Waals surface area contributed by atoms with Crippen molar-refractivity contribution in [3.8, 4) is 0 Å². The molecule has 0 saturated carbocycles. The zero-order valence-electron chi connectivity index (χ0n) is 16.7. The summed E-state index contributed by atoms with van der Waals surface area (Å²) in [4.78, 5) is 16.6. The van der Waals surface area contributed by atoms with Crippen molar-refractivity contribution in [3.05, 3.63) is 0 Å². The van der Waals surface area contributed by atoms with E-state index in [4.69, 9.17) is 4.74 Å². The maximum atomic E-state index is 12.4. The summed E-state index contributed by atoms with van der Waals surface area (Å²) in [5, 5.41) is 3.44. The molecule has 5 heteroatoms. The van der Waals surface area contributed by atoms with Crippen LogP contribution in [-0.2, 0) is 4.74 Å². The van der Waals surface area contributed by atoms with E-state index in [1.54, 1.807) is 4.90 Å². The predicted molar refractivity (Wildman–Crippen MR) is 98.0 cm³/mol. The third-order valence-corrected chi connectivity index (χ3v) is 3.53. The number of hydrogen-bond acceptors (Lipinski definition) is 4. The molecule has 0 unspecified atom stereocenters. The zero-order chi connectivity index (χ0) is 18.1. The number of nitrogens with zero attached hydrogens (tertiary/aromatic N) is 2. The molecule has 1 amide bonds. The number of hydrogen-bond donors (Lipinski definition) is 1. The van der Waals surface area contributed by atoms with Crippen molar-refractivity contribution in [2.45, 2.75) is 73.0 Å². The fraction of sp³-hybridized carbons (Fsp3) is 0.944. The minimum absolute atomic E-state index is 0.243. The molecule has 0 aromatic rings. The van der Waals surface area contributed by atoms with Crippen LogP contribution in [0.25, 0.3) is 0 Å². The van der Waals surface area contributed by atoms with Crippen LogP contribution in [0.15, 0.2) is 0 Å². The van der Waals surface area contributed by atoms with Crippen LogP contribution in [0.4, 0.5) is 4.79 Å². The molecule has 0 aliphatic heterocycles. The standard InChI is InChI=1S/C18H39N3O2/c1-9-13-20(10-2)14-11-19-12-15-21(17(3,4)5)16(22)23-18(6,7)8/h19H,9-15H2,1-8H3. The first-order chi connectivity index (χ1) is 10.5. The van der Waals surface area contributed by atoms with Gasteiger partial charge in [-0.15, -0.1) is 0 Å². The molecule has 0 radical (unpaired) electrons. The van der Waals surface area contributed by atoms with Gasteiger partial charge in [-0.25, -0.2) is 4.79 Å². The Morgan fingerprint density at radius 3 is 1.96 bits per heavy atom. The molecule has 0 aliphatic rings. The molecule has 0 rings (SSSR count). The number of carbonyl (C=O) groups is 1. The van der Waals surface area contributed by atoms with E-state index in [1.165, 1.54) is 6.42 Å². The van der Waals surface area contributed by atoms with Crippen molar-refractivity contribution < 1.29 is 9.53 Å². The molecule has 0 aromatic heterocycles. The topological polar surface area (TPSA) is 44.8 Å². The first kappa shape index (κ1) is 22.2. The summed E-state index contributed by atoms with van der Waals surface area (Å²) < 4.78 is 5.52. The lowest BCUT2D eigenvalue weighted by Crippen LogP contribution is -2.50. The Bertz CT molecular complexity index is 332. The van der Waals surface area contributed by atoms with Gasteiger partial charge in [0.15, 0.2) is 0 Å². The van der Waals surface area contributed by atoms with Crippen molar-refractivity contribution >= 4 is 6.09 Å². The van der Waals surface area contributed by atoms with Crippen LogP contribution in [0.5, 0.6) is 0 Å². The third-order valence-electron chi connectivity index (χ3n) is 3.53. The zero-order valence-corrected chi connectivity index (χ0v) is 16.7. The first-order valence-electron chi connectivity index (χ1n) is 8.95. The highest BCUT2D eigenvalue weighted by molar-refractivity contribution is 5.69. The molecule has 0 saturated heterocycles. The molecule has 0 fully saturated rings. The smallest absolute Gasteiger partial charge is 0.410 e. The van der Waals surface area contributed by atoms with E-state index >= 15 is 0 Å². The summed E-state index contributed by atoms with van der Waals surface area (Å²) in [6, 6.07) is 0. The summed E-state index contributed by atoms with van der Waals surface area (Å²) in [6.07, 6.45) is 0.942. The average Bonchev–Trinajstić information content (AvgIpc) is 2.37. The Labute approximate surface area is 143 Å². The molecule has 0 bridgehead atoms. The van der Waals surface area contributed by atoms with E-state index in [2.05, 4.69) is 24.1 Å². The van der Waals surface area contributed by atoms with Gasteiger partial charge in [0.2, 0.25) is 0 Å². The maximum absolute atomic E-state index is 12.4. The van der Waals surface area contributed by atoms with Gasteiger partial charge in [0, 0.05) is 31.7 Å². The van der Waals surface area contributed by atoms with Gasteiger partial charge >= 0.3 is 6.09 Å². The van der Waals surface area contributed by atoms with Gasteiger partial charge < -0.3 is 19.9 Å². The monoisotopic (exact) mass is 329 g/mol. The molecule has 0 spiro atoms. The number of carbonyl (C=O) groups excluding carboxylic acids is 1. The van der Waals surface area contributed by atoms with Gasteiger partial charge in [-0.05, 0) is 61.1 Å². The minimum Gasteiger partial charge on any atom is -0.444 e. The molecule has 138 valence electrons. The molecule has 5 nitrogen and oxygen atoms in total. The Morgan fingerprint density at radius 2 is 1.52 bits per heavy atom. The highest BCUT2D eigenvalue weighted by atomic mass is 16.6. The molecular formula is C18H39N3O2. The van der Waals surface area contributed by atoms with E-state index in [0.29, 0.717) is 6.54 Å². The summed E-state index contributed by atoms with van der Waals surface area (Å²) in [5.74, 6) is 0. The van der Waals surface area contributed by atoms with Crippen LogP contribution in [0.2, 0.25) is 0 Å². The normalized spacial score (nSPS) is 12.6. The minimum atomic E-state index is -0.463. The summed E-state index contributed by atoms with van der Waals surface area (Å²) in [5.41, 5.74) is -0.711. The Kier molecular flexibility index (Phi) is 9.78. The second kappa shape index (κ2) is 10.1. The number of nitrogens with one attached hydrogen (secondary N) is 1. The second-order valence-electron chi connectivity index (χ2n) is 7.99. The number of likely N-dealkylation sites (N-methyl/N-ethyl adjacent to an activating group) is 1. The van der Waals surface area contributed by atoms with E-state index in [9.17, 15) is 4.79 Å². The van der Waals surface area contributed by atoms with E-state index in [0.717, 1.165) is 32.7 Å². The van der Waals surface area contributed by atoms with Gasteiger partial charge in [-0.3, -0.25) is 0 Å². The van der Waals surface area contributed by atoms with Crippen LogP contribution in [0.3, 0.4) is 0 Å². The number of ether oxygens (including phenoxy) is 1. The van der Waals surface area contributed by atoms with Crippen molar-refractivity contribution in [2.75, 3.05) is 39.3 Å². The lowest BCUT2D eigenvalue weighted by molar-refractivity contribution is 0.00663. The SMILES string of the molecule is CCCN(CC)CCNCCN(C(=O)OC(C)(C)C)C(C)(C)C. The van der Waals surface area contributed by atoms with Crippen molar-refractivity contribution in [1.29, 1.82) is 0 Å². The fourth-order valence-corrected chi connectivity index (χ4v) is 2.31. The molecule has 0 aromatic carbocycles. The molecule has 23 heavy (non-hydrogen) atoms. The van der Waals surface area contributed by atoms with Crippen LogP contribution in [-0.4, -0.2) is 66.3 Å². The first-order valence-corrected chi connectivity index (χ1v) is 8.95. The maximum Gasteiger partial charge on any atom is 0.410 e. The third kappa shape index (κ3) is 10.6. The molecule has 0 atom stereocenters. The summed E-state index contributed by atoms with van der Waals surface area (Å²) >= 11 is 0. The summed E-state index contributed by atoms with van der Waals surface area (Å²) in [6.45, 7) is 21.9. The Balaban J connectivity index is 4.30. The second-order valence-corrected chi connectivity index (χ2v) is 7.99. The molecule has 0 aliphatic carbocycles. The predicted octanol–water partition coefficient (Wildman–Crippen LogP) is 3.34. The average molecular weight is 330 g/mol. The van der Waals surface area contributed by atoms with Gasteiger partial charge in [0.1, 0.15) is 5.60 Å². The number of amides is 1. The largest absolute Gasteiger partial charge is 0.444 e. The van der Waals surface area contributed by atoms with E-state index in [-0.39, 0.29) is 11.6 Å². The highest BCUT2D eigenvalue weighted by Gasteiger charge is 2.30. The fourth-order valence-electron chi connectivity index (χ4n) is 2.31. The number of rotatable bonds is 9. The lowest BCUT2D eigenvalue weighted by atomic mass is 10.1. The van der Waals surface area contributed by atoms with Crippen molar-refractivity contribution in [1.82, 2.24) is 15.1 Å². The summed E-state index contributed by atoms with van der Waals surface area (Å²) in [7, 11) is 0. The van der Waals surface area contributed by atoms with E-state index < -0.39 is 5.60 Å². The van der Waals surface area contributed by atoms with Gasteiger partial charge in [0.25, 0.3) is 0 Å². The van der Waals surface area contributed by atoms with Crippen LogP contribution in [0.1, 0.15) is 61.8 Å². The van der Waals surface area contributed by atoms with Crippen LogP contribution < -0.4 is 5.32 Å². The van der Waals surface area contributed by atoms with Crippen LogP contribution >= 0.6 is 0 Å². The van der Waals surface area contributed by atoms with Gasteiger partial charge in [-0.1, -0.05) is 13.8 Å². The van der Waals surface area contributed by atoms with Gasteiger partial charge in [0.05, 0.1) is 0 Å². The molecule has 1 N–H and O–H groups in total. The lowest BCUT2D eigenvalue weighted by Gasteiger charge is -2.37. The van der Waals surface area contributed by atoms with Gasteiger partial charge in [-0.2, -0.15) is 0 Å².